The molecule has 0 aliphatic rings. The molecule has 2 aromatic heterocycles. The molecule has 2 heterocycles. The van der Waals surface area contributed by atoms with Crippen LogP contribution in [0.15, 0.2) is 36.5 Å². The number of rotatable bonds is 5. The number of carbonyl (C=O) groups excluding carboxylic acids is 1. The minimum Gasteiger partial charge on any atom is -0.481 e. The normalized spacial score (nSPS) is 10.6. The van der Waals surface area contributed by atoms with Crippen LogP contribution in [0.2, 0.25) is 0 Å². The number of ether oxygens (including phenoxy) is 1. The van der Waals surface area contributed by atoms with Gasteiger partial charge in [-0.15, -0.1) is 5.10 Å². The molecule has 3 rings (SSSR count). The van der Waals surface area contributed by atoms with E-state index in [0.717, 1.165) is 16.8 Å². The van der Waals surface area contributed by atoms with Crippen molar-refractivity contribution in [1.82, 2.24) is 25.3 Å². The fourth-order valence-electron chi connectivity index (χ4n) is 2.73. The first-order valence-corrected chi connectivity index (χ1v) is 8.27. The second-order valence-corrected chi connectivity index (χ2v) is 6.07. The Morgan fingerprint density at radius 2 is 2.00 bits per heavy atom. The number of amides is 1. The van der Waals surface area contributed by atoms with E-state index in [0.29, 0.717) is 23.8 Å². The van der Waals surface area contributed by atoms with Gasteiger partial charge in [0.2, 0.25) is 5.88 Å². The minimum atomic E-state index is -0.288. The number of nitrogens with one attached hydrogen (secondary N) is 1. The van der Waals surface area contributed by atoms with Crippen molar-refractivity contribution in [2.24, 2.45) is 0 Å². The number of hydrogen-bond donors (Lipinski definition) is 1. The van der Waals surface area contributed by atoms with Gasteiger partial charge >= 0.3 is 0 Å². The van der Waals surface area contributed by atoms with Crippen LogP contribution in [0.25, 0.3) is 5.69 Å². The molecule has 1 aromatic carbocycles. The standard InChI is InChI=1S/C19H21N5O2/c1-12-7-8-16(13(2)10-12)24-22-14(3)17(23-24)18(25)21-11-15-6-5-9-20-19(15)26-4/h5-10H,11H2,1-4H3,(H,21,25). The molecule has 0 atom stereocenters. The first-order chi connectivity index (χ1) is 12.5. The van der Waals surface area contributed by atoms with E-state index in [-0.39, 0.29) is 5.91 Å². The van der Waals surface area contributed by atoms with Gasteiger partial charge in [-0.2, -0.15) is 9.90 Å². The van der Waals surface area contributed by atoms with Crippen molar-refractivity contribution in [2.45, 2.75) is 27.3 Å². The number of hydrogen-bond acceptors (Lipinski definition) is 5. The topological polar surface area (TPSA) is 81.9 Å². The predicted octanol–water partition coefficient (Wildman–Crippen LogP) is 2.53. The van der Waals surface area contributed by atoms with E-state index in [1.165, 1.54) is 10.4 Å². The number of aromatic nitrogens is 4. The van der Waals surface area contributed by atoms with Crippen molar-refractivity contribution in [1.29, 1.82) is 0 Å². The van der Waals surface area contributed by atoms with Crippen molar-refractivity contribution < 1.29 is 9.53 Å². The average Bonchev–Trinajstić information content (AvgIpc) is 3.01. The van der Waals surface area contributed by atoms with Gasteiger partial charge in [0.1, 0.15) is 0 Å². The molecule has 0 radical (unpaired) electrons. The summed E-state index contributed by atoms with van der Waals surface area (Å²) in [4.78, 5) is 18.2. The van der Waals surface area contributed by atoms with Crippen molar-refractivity contribution in [3.63, 3.8) is 0 Å². The first kappa shape index (κ1) is 17.6. The number of methoxy groups -OCH3 is 1. The molecule has 0 bridgehead atoms. The molecule has 0 saturated heterocycles. The second-order valence-electron chi connectivity index (χ2n) is 6.07. The van der Waals surface area contributed by atoms with Crippen LogP contribution >= 0.6 is 0 Å². The van der Waals surface area contributed by atoms with E-state index in [1.54, 1.807) is 26.3 Å². The summed E-state index contributed by atoms with van der Waals surface area (Å²) in [6.45, 7) is 6.10. The highest BCUT2D eigenvalue weighted by Gasteiger charge is 2.17. The number of nitrogens with zero attached hydrogens (tertiary/aromatic N) is 4. The zero-order valence-electron chi connectivity index (χ0n) is 15.3. The number of aryl methyl sites for hydroxylation is 3. The Morgan fingerprint density at radius 3 is 2.73 bits per heavy atom. The van der Waals surface area contributed by atoms with E-state index >= 15 is 0 Å². The molecule has 0 aliphatic heterocycles. The fourth-order valence-corrected chi connectivity index (χ4v) is 2.73. The predicted molar refractivity (Wildman–Crippen MR) is 97.5 cm³/mol. The van der Waals surface area contributed by atoms with Crippen LogP contribution < -0.4 is 10.1 Å². The third kappa shape index (κ3) is 3.56. The Balaban J connectivity index is 1.79. The van der Waals surface area contributed by atoms with Crippen LogP contribution in [0.3, 0.4) is 0 Å². The van der Waals surface area contributed by atoms with E-state index in [2.05, 4.69) is 26.6 Å². The highest BCUT2D eigenvalue weighted by atomic mass is 16.5. The Labute approximate surface area is 152 Å². The van der Waals surface area contributed by atoms with Crippen LogP contribution in [0.1, 0.15) is 32.9 Å². The van der Waals surface area contributed by atoms with Gasteiger partial charge in [0.05, 0.1) is 18.5 Å². The molecule has 0 unspecified atom stereocenters. The maximum Gasteiger partial charge on any atom is 0.274 e. The third-order valence-corrected chi connectivity index (χ3v) is 4.05. The molecule has 0 aliphatic carbocycles. The lowest BCUT2D eigenvalue weighted by Gasteiger charge is -2.07. The Kier molecular flexibility index (Phi) is 4.97. The lowest BCUT2D eigenvalue weighted by molar-refractivity contribution is 0.0944. The van der Waals surface area contributed by atoms with Gasteiger partial charge in [-0.25, -0.2) is 4.98 Å². The molecular weight excluding hydrogens is 330 g/mol. The molecule has 0 fully saturated rings. The van der Waals surface area contributed by atoms with Crippen LogP contribution in [-0.2, 0) is 6.54 Å². The second kappa shape index (κ2) is 7.35. The van der Waals surface area contributed by atoms with Crippen molar-refractivity contribution >= 4 is 5.91 Å². The number of pyridine rings is 1. The lowest BCUT2D eigenvalue weighted by atomic mass is 10.1. The molecule has 26 heavy (non-hydrogen) atoms. The molecule has 1 amide bonds. The van der Waals surface area contributed by atoms with E-state index in [9.17, 15) is 4.79 Å². The van der Waals surface area contributed by atoms with Gasteiger partial charge in [0.25, 0.3) is 5.91 Å². The van der Waals surface area contributed by atoms with Crippen LogP contribution in [0, 0.1) is 20.8 Å². The van der Waals surface area contributed by atoms with Crippen LogP contribution in [0.4, 0.5) is 0 Å². The number of benzene rings is 1. The monoisotopic (exact) mass is 351 g/mol. The summed E-state index contributed by atoms with van der Waals surface area (Å²) in [5.74, 6) is 0.202. The van der Waals surface area contributed by atoms with Crippen molar-refractivity contribution in [3.05, 3.63) is 64.6 Å². The van der Waals surface area contributed by atoms with Gasteiger partial charge < -0.3 is 10.1 Å². The van der Waals surface area contributed by atoms with E-state index in [1.807, 2.05) is 32.0 Å². The summed E-state index contributed by atoms with van der Waals surface area (Å²) in [5.41, 5.74) is 4.73. The third-order valence-electron chi connectivity index (χ3n) is 4.05. The Morgan fingerprint density at radius 1 is 1.19 bits per heavy atom. The summed E-state index contributed by atoms with van der Waals surface area (Å²) in [5, 5.41) is 11.6. The largest absolute Gasteiger partial charge is 0.481 e. The smallest absolute Gasteiger partial charge is 0.274 e. The summed E-state index contributed by atoms with van der Waals surface area (Å²) in [6.07, 6.45) is 1.64. The van der Waals surface area contributed by atoms with Crippen molar-refractivity contribution in [2.75, 3.05) is 7.11 Å². The highest BCUT2D eigenvalue weighted by Crippen LogP contribution is 2.16. The molecule has 7 heteroatoms. The minimum absolute atomic E-state index is 0.288. The zero-order chi connectivity index (χ0) is 18.7. The van der Waals surface area contributed by atoms with Gasteiger partial charge in [-0.3, -0.25) is 4.79 Å². The molecule has 0 saturated carbocycles. The lowest BCUT2D eigenvalue weighted by Crippen LogP contribution is -2.24. The summed E-state index contributed by atoms with van der Waals surface area (Å²) in [7, 11) is 1.55. The van der Waals surface area contributed by atoms with Crippen LogP contribution in [-0.4, -0.2) is 33.0 Å². The Bertz CT molecular complexity index is 949. The van der Waals surface area contributed by atoms with E-state index < -0.39 is 0 Å². The molecule has 3 aromatic rings. The quantitative estimate of drug-likeness (QED) is 0.764. The van der Waals surface area contributed by atoms with Gasteiger partial charge in [-0.1, -0.05) is 23.8 Å². The fraction of sp³-hybridized carbons (Fsp3) is 0.263. The highest BCUT2D eigenvalue weighted by molar-refractivity contribution is 5.93. The average molecular weight is 351 g/mol. The van der Waals surface area contributed by atoms with Gasteiger partial charge in [0, 0.05) is 18.3 Å². The van der Waals surface area contributed by atoms with E-state index in [4.69, 9.17) is 4.74 Å². The molecule has 0 spiro atoms. The molecular formula is C19H21N5O2. The molecule has 7 nitrogen and oxygen atoms in total. The zero-order valence-corrected chi connectivity index (χ0v) is 15.3. The molecule has 134 valence electrons. The van der Waals surface area contributed by atoms with Crippen molar-refractivity contribution in [3.8, 4) is 11.6 Å². The Hall–Kier alpha value is -3.22. The SMILES string of the molecule is COc1ncccc1CNC(=O)c1nn(-c2ccc(C)cc2C)nc1C. The first-order valence-electron chi connectivity index (χ1n) is 8.27. The van der Waals surface area contributed by atoms with Gasteiger partial charge in [-0.05, 0) is 38.5 Å². The molecule has 1 N–H and O–H groups in total. The number of carbonyl (C=O) groups is 1. The summed E-state index contributed by atoms with van der Waals surface area (Å²) >= 11 is 0. The van der Waals surface area contributed by atoms with Gasteiger partial charge in [0.15, 0.2) is 5.69 Å². The maximum atomic E-state index is 12.5. The maximum absolute atomic E-state index is 12.5. The van der Waals surface area contributed by atoms with Crippen LogP contribution in [0.5, 0.6) is 5.88 Å². The summed E-state index contributed by atoms with van der Waals surface area (Å²) in [6, 6.07) is 9.65. The summed E-state index contributed by atoms with van der Waals surface area (Å²) < 4.78 is 5.20.